The Labute approximate surface area is 163 Å². The molecule has 0 saturated carbocycles. The summed E-state index contributed by atoms with van der Waals surface area (Å²) in [6.45, 7) is 4.32. The van der Waals surface area contributed by atoms with Gasteiger partial charge in [-0.05, 0) is 11.1 Å². The number of benzene rings is 2. The molecule has 2 aromatic carbocycles. The zero-order chi connectivity index (χ0) is 20.9. The van der Waals surface area contributed by atoms with Crippen LogP contribution in [0.3, 0.4) is 0 Å². The molecule has 0 bridgehead atoms. The van der Waals surface area contributed by atoms with Crippen molar-refractivity contribution in [2.24, 2.45) is 5.41 Å². The Bertz CT molecular complexity index is 846. The van der Waals surface area contributed by atoms with E-state index >= 15 is 0 Å². The van der Waals surface area contributed by atoms with Gasteiger partial charge in [0.25, 0.3) is 0 Å². The van der Waals surface area contributed by atoms with E-state index in [-0.39, 0.29) is 5.56 Å². The van der Waals surface area contributed by atoms with Gasteiger partial charge in [0.05, 0.1) is 5.92 Å². The summed E-state index contributed by atoms with van der Waals surface area (Å²) < 4.78 is 0. The highest BCUT2D eigenvalue weighted by atomic mass is 16.6. The number of rotatable bonds is 7. The summed E-state index contributed by atoms with van der Waals surface area (Å²) in [7, 11) is 0. The van der Waals surface area contributed by atoms with E-state index in [0.717, 1.165) is 0 Å². The maximum absolute atomic E-state index is 12.8. The molecule has 2 atom stereocenters. The summed E-state index contributed by atoms with van der Waals surface area (Å²) in [6.07, 6.45) is 0. The zero-order valence-electron chi connectivity index (χ0n) is 16.1. The Hall–Kier alpha value is -3.22. The van der Waals surface area contributed by atoms with Crippen LogP contribution in [0.15, 0.2) is 60.7 Å². The van der Waals surface area contributed by atoms with Gasteiger partial charge in [-0.3, -0.25) is 14.9 Å². The maximum atomic E-state index is 12.8. The number of nitrogens with one attached hydrogen (secondary N) is 1. The van der Waals surface area contributed by atoms with E-state index in [9.17, 15) is 24.8 Å². The van der Waals surface area contributed by atoms with Gasteiger partial charge in [-0.15, -0.1) is 0 Å². The third-order valence-electron chi connectivity index (χ3n) is 4.61. The molecular formula is C21H24N2O5. The van der Waals surface area contributed by atoms with Crippen LogP contribution in [-0.4, -0.2) is 28.5 Å². The molecule has 28 heavy (non-hydrogen) atoms. The zero-order valence-corrected chi connectivity index (χ0v) is 16.1. The lowest BCUT2D eigenvalue weighted by Gasteiger charge is -2.38. The molecule has 0 aliphatic carbocycles. The molecule has 7 nitrogen and oxygen atoms in total. The Morgan fingerprint density at radius 3 is 1.96 bits per heavy atom. The number of carbonyl (C=O) groups excluding carboxylic acids is 1. The average Bonchev–Trinajstić information content (AvgIpc) is 2.64. The minimum atomic E-state index is -2.00. The van der Waals surface area contributed by atoms with Crippen molar-refractivity contribution in [1.29, 1.82) is 0 Å². The standard InChI is InChI=1S/C21H24N2O5/c1-20(2,3)18(24)22-21(19(25)26,16-12-8-5-9-13-16)17(14-23(27)28)15-10-6-4-7-11-15/h4-13,17H,14H2,1-3H3,(H,22,24)(H,25,26). The Morgan fingerprint density at radius 2 is 1.54 bits per heavy atom. The first kappa shape index (κ1) is 21.1. The molecule has 0 saturated heterocycles. The number of carboxylic acid groups (broad SMARTS) is 1. The van der Waals surface area contributed by atoms with Gasteiger partial charge < -0.3 is 10.4 Å². The van der Waals surface area contributed by atoms with Gasteiger partial charge in [0, 0.05) is 10.3 Å². The lowest BCUT2D eigenvalue weighted by molar-refractivity contribution is -0.485. The number of carboxylic acids is 1. The Kier molecular flexibility index (Phi) is 6.18. The summed E-state index contributed by atoms with van der Waals surface area (Å²) >= 11 is 0. The number of nitrogens with zero attached hydrogens (tertiary/aromatic N) is 1. The second-order valence-corrected chi connectivity index (χ2v) is 7.66. The second kappa shape index (κ2) is 8.21. The summed E-state index contributed by atoms with van der Waals surface area (Å²) in [5.41, 5.74) is -2.15. The van der Waals surface area contributed by atoms with Crippen molar-refractivity contribution in [3.05, 3.63) is 81.9 Å². The van der Waals surface area contributed by atoms with Crippen LogP contribution in [0.4, 0.5) is 0 Å². The lowest BCUT2D eigenvalue weighted by atomic mass is 9.73. The van der Waals surface area contributed by atoms with Crippen LogP contribution in [0.2, 0.25) is 0 Å². The minimum Gasteiger partial charge on any atom is -0.479 e. The third-order valence-corrected chi connectivity index (χ3v) is 4.61. The molecule has 148 valence electrons. The topological polar surface area (TPSA) is 110 Å². The molecule has 0 radical (unpaired) electrons. The van der Waals surface area contributed by atoms with Gasteiger partial charge in [-0.1, -0.05) is 81.4 Å². The van der Waals surface area contributed by atoms with Gasteiger partial charge in [0.1, 0.15) is 0 Å². The fourth-order valence-electron chi connectivity index (χ4n) is 3.08. The molecule has 2 rings (SSSR count). The van der Waals surface area contributed by atoms with E-state index in [1.54, 1.807) is 81.4 Å². The summed E-state index contributed by atoms with van der Waals surface area (Å²) in [6, 6.07) is 16.5. The molecule has 1 amide bonds. The highest BCUT2D eigenvalue weighted by molar-refractivity contribution is 5.91. The normalized spacial score (nSPS) is 14.5. The smallest absolute Gasteiger partial charge is 0.335 e. The molecule has 7 heteroatoms. The van der Waals surface area contributed by atoms with Crippen molar-refractivity contribution in [2.75, 3.05) is 6.54 Å². The van der Waals surface area contributed by atoms with Crippen LogP contribution in [0.25, 0.3) is 0 Å². The van der Waals surface area contributed by atoms with Crippen molar-refractivity contribution in [1.82, 2.24) is 5.32 Å². The minimum absolute atomic E-state index is 0.274. The van der Waals surface area contributed by atoms with Gasteiger partial charge in [-0.2, -0.15) is 0 Å². The molecule has 2 N–H and O–H groups in total. The quantitative estimate of drug-likeness (QED) is 0.563. The predicted octanol–water partition coefficient (Wildman–Crippen LogP) is 3.19. The van der Waals surface area contributed by atoms with Crippen LogP contribution in [0.1, 0.15) is 37.8 Å². The van der Waals surface area contributed by atoms with Crippen molar-refractivity contribution in [3.8, 4) is 0 Å². The molecule has 0 spiro atoms. The first-order chi connectivity index (χ1) is 13.1. The Morgan fingerprint density at radius 1 is 1.04 bits per heavy atom. The largest absolute Gasteiger partial charge is 0.479 e. The maximum Gasteiger partial charge on any atom is 0.335 e. The molecule has 0 heterocycles. The molecule has 0 fully saturated rings. The summed E-state index contributed by atoms with van der Waals surface area (Å²) in [5, 5.41) is 24.4. The summed E-state index contributed by atoms with van der Waals surface area (Å²) in [5.74, 6) is -2.98. The number of hydrogen-bond acceptors (Lipinski definition) is 4. The van der Waals surface area contributed by atoms with Crippen LogP contribution in [0, 0.1) is 15.5 Å². The highest BCUT2D eigenvalue weighted by Crippen LogP contribution is 2.39. The molecule has 2 aromatic rings. The van der Waals surface area contributed by atoms with E-state index in [0.29, 0.717) is 5.56 Å². The number of amides is 1. The number of nitro groups is 1. The van der Waals surface area contributed by atoms with Crippen molar-refractivity contribution >= 4 is 11.9 Å². The van der Waals surface area contributed by atoms with Gasteiger partial charge in [0.2, 0.25) is 12.5 Å². The molecule has 0 aromatic heterocycles. The van der Waals surface area contributed by atoms with Crippen LogP contribution in [-0.2, 0) is 15.1 Å². The first-order valence-electron chi connectivity index (χ1n) is 8.87. The van der Waals surface area contributed by atoms with Crippen molar-refractivity contribution in [3.63, 3.8) is 0 Å². The van der Waals surface area contributed by atoms with E-state index in [4.69, 9.17) is 0 Å². The van der Waals surface area contributed by atoms with Crippen molar-refractivity contribution < 1.29 is 19.6 Å². The van der Waals surface area contributed by atoms with Crippen molar-refractivity contribution in [2.45, 2.75) is 32.2 Å². The third kappa shape index (κ3) is 4.36. The second-order valence-electron chi connectivity index (χ2n) is 7.66. The van der Waals surface area contributed by atoms with E-state index in [2.05, 4.69) is 5.32 Å². The van der Waals surface area contributed by atoms with E-state index in [1.807, 2.05) is 0 Å². The van der Waals surface area contributed by atoms with Crippen LogP contribution < -0.4 is 5.32 Å². The monoisotopic (exact) mass is 384 g/mol. The molecular weight excluding hydrogens is 360 g/mol. The van der Waals surface area contributed by atoms with Gasteiger partial charge >= 0.3 is 5.97 Å². The number of aliphatic carboxylic acids is 1. The summed E-state index contributed by atoms with van der Waals surface area (Å²) in [4.78, 5) is 36.4. The number of carbonyl (C=O) groups is 2. The number of hydrogen-bond donors (Lipinski definition) is 2. The highest BCUT2D eigenvalue weighted by Gasteiger charge is 2.52. The SMILES string of the molecule is CC(C)(C)C(=O)NC(C(=O)O)(c1ccccc1)C(C[N+](=O)[O-])c1ccccc1. The lowest BCUT2D eigenvalue weighted by Crippen LogP contribution is -2.59. The van der Waals surface area contributed by atoms with Gasteiger partial charge in [-0.25, -0.2) is 4.79 Å². The molecule has 2 unspecified atom stereocenters. The first-order valence-corrected chi connectivity index (χ1v) is 8.87. The molecule has 0 aliphatic heterocycles. The van der Waals surface area contributed by atoms with Gasteiger partial charge in [0.15, 0.2) is 5.54 Å². The molecule has 0 aliphatic rings. The van der Waals surface area contributed by atoms with E-state index in [1.165, 1.54) is 0 Å². The predicted molar refractivity (Wildman–Crippen MR) is 104 cm³/mol. The fraction of sp³-hybridized carbons (Fsp3) is 0.333. The fourth-order valence-corrected chi connectivity index (χ4v) is 3.08. The average molecular weight is 384 g/mol. The van der Waals surface area contributed by atoms with Crippen LogP contribution >= 0.6 is 0 Å². The Balaban J connectivity index is 2.77. The van der Waals surface area contributed by atoms with E-state index < -0.39 is 40.2 Å². The van der Waals surface area contributed by atoms with Crippen LogP contribution in [0.5, 0.6) is 0 Å².